The number of benzene rings is 2. The Labute approximate surface area is 203 Å². The van der Waals surface area contributed by atoms with Crippen LogP contribution in [-0.2, 0) is 14.8 Å². The third-order valence-electron chi connectivity index (χ3n) is 5.37. The first-order valence-corrected chi connectivity index (χ1v) is 12.9. The molecule has 1 aliphatic heterocycles. The van der Waals surface area contributed by atoms with Crippen molar-refractivity contribution < 1.29 is 31.1 Å². The van der Waals surface area contributed by atoms with E-state index >= 15 is 0 Å². The van der Waals surface area contributed by atoms with Crippen molar-refractivity contribution in [2.24, 2.45) is 0 Å². The minimum Gasteiger partial charge on any atom is -0.406 e. The number of anilines is 1. The largest absolute Gasteiger partial charge is 0.573 e. The molecule has 0 unspecified atom stereocenters. The van der Waals surface area contributed by atoms with Crippen LogP contribution in [0.5, 0.6) is 5.75 Å². The molecule has 2 aromatic carbocycles. The van der Waals surface area contributed by atoms with Crippen molar-refractivity contribution in [2.75, 3.05) is 11.9 Å². The van der Waals surface area contributed by atoms with Gasteiger partial charge in [-0.05, 0) is 56.2 Å². The Balaban J connectivity index is 1.48. The van der Waals surface area contributed by atoms with E-state index in [0.29, 0.717) is 29.8 Å². The number of alkyl halides is 3. The predicted octanol–water partition coefficient (Wildman–Crippen LogP) is 4.59. The first kappa shape index (κ1) is 25.1. The summed E-state index contributed by atoms with van der Waals surface area (Å²) >= 11 is 1.02. The quantitative estimate of drug-likeness (QED) is 0.504. The third kappa shape index (κ3) is 5.97. The summed E-state index contributed by atoms with van der Waals surface area (Å²) in [5, 5.41) is 11.0. The van der Waals surface area contributed by atoms with Crippen molar-refractivity contribution in [3.63, 3.8) is 0 Å². The minimum atomic E-state index is -4.79. The average molecular weight is 527 g/mol. The monoisotopic (exact) mass is 526 g/mol. The molecule has 0 radical (unpaired) electrons. The molecule has 186 valence electrons. The zero-order chi connectivity index (χ0) is 25.2. The second-order valence-electron chi connectivity index (χ2n) is 7.91. The van der Waals surface area contributed by atoms with Crippen LogP contribution in [0, 0.1) is 6.92 Å². The number of carbonyl (C=O) groups is 1. The van der Waals surface area contributed by atoms with Gasteiger partial charge in [-0.3, -0.25) is 10.1 Å². The number of nitrogens with one attached hydrogen (secondary N) is 1. The maximum Gasteiger partial charge on any atom is 0.573 e. The summed E-state index contributed by atoms with van der Waals surface area (Å²) in [5.74, 6) is -0.886. The van der Waals surface area contributed by atoms with Gasteiger partial charge in [0, 0.05) is 12.1 Å². The van der Waals surface area contributed by atoms with Gasteiger partial charge >= 0.3 is 6.36 Å². The number of halogens is 3. The molecule has 0 saturated carbocycles. The molecule has 35 heavy (non-hydrogen) atoms. The summed E-state index contributed by atoms with van der Waals surface area (Å²) in [5.41, 5.74) is 1.41. The molecule has 1 aliphatic rings. The average Bonchev–Trinajstić information content (AvgIpc) is 3.27. The number of aromatic nitrogens is 2. The van der Waals surface area contributed by atoms with Crippen molar-refractivity contribution in [1.82, 2.24) is 14.5 Å². The Bertz CT molecular complexity index is 1290. The van der Waals surface area contributed by atoms with Gasteiger partial charge in [0.15, 0.2) is 0 Å². The Kier molecular flexibility index (Phi) is 7.10. The summed E-state index contributed by atoms with van der Waals surface area (Å²) in [6, 6.07) is 10.6. The summed E-state index contributed by atoms with van der Waals surface area (Å²) in [6.07, 6.45) is -3.08. The number of aryl methyl sites for hydroxylation is 1. The van der Waals surface area contributed by atoms with E-state index in [1.54, 1.807) is 12.1 Å². The van der Waals surface area contributed by atoms with Crippen LogP contribution in [0.4, 0.5) is 18.3 Å². The van der Waals surface area contributed by atoms with Crippen LogP contribution in [0.25, 0.3) is 10.6 Å². The highest BCUT2D eigenvalue weighted by Gasteiger charge is 2.38. The number of carbonyl (C=O) groups excluding carboxylic acids is 1. The first-order valence-electron chi connectivity index (χ1n) is 10.6. The molecule has 4 rings (SSSR count). The number of ether oxygens (including phenoxy) is 1. The zero-order valence-electron chi connectivity index (χ0n) is 18.4. The molecule has 1 fully saturated rings. The van der Waals surface area contributed by atoms with Crippen molar-refractivity contribution in [3.8, 4) is 16.3 Å². The normalized spacial score (nSPS) is 17.2. The highest BCUT2D eigenvalue weighted by Crippen LogP contribution is 2.31. The number of hydrogen-bond acceptors (Lipinski definition) is 7. The molecule has 8 nitrogen and oxygen atoms in total. The Morgan fingerprint density at radius 3 is 2.43 bits per heavy atom. The fourth-order valence-corrected chi connectivity index (χ4v) is 6.09. The molecule has 13 heteroatoms. The van der Waals surface area contributed by atoms with E-state index in [-0.39, 0.29) is 22.3 Å². The van der Waals surface area contributed by atoms with E-state index in [0.717, 1.165) is 29.0 Å². The standard InChI is InChI=1S/C22H21F3N4O4S2/c1-14-5-11-17(12-6-14)35(31,32)29-13-3-2-4-18(29)19(30)26-21-28-27-20(34-21)15-7-9-16(10-8-15)33-22(23,24)25/h5-12,18H,2-4,13H2,1H3,(H,26,28,30)/t18-/m1/s1. The lowest BCUT2D eigenvalue weighted by Crippen LogP contribution is -2.49. The highest BCUT2D eigenvalue weighted by atomic mass is 32.2. The first-order chi connectivity index (χ1) is 16.5. The van der Waals surface area contributed by atoms with Crippen LogP contribution < -0.4 is 10.1 Å². The topological polar surface area (TPSA) is 101 Å². The maximum atomic E-state index is 13.2. The molecule has 1 amide bonds. The van der Waals surface area contributed by atoms with Gasteiger partial charge in [0.2, 0.25) is 21.1 Å². The van der Waals surface area contributed by atoms with E-state index in [9.17, 15) is 26.4 Å². The Morgan fingerprint density at radius 1 is 1.09 bits per heavy atom. The number of piperidine rings is 1. The lowest BCUT2D eigenvalue weighted by molar-refractivity contribution is -0.274. The SMILES string of the molecule is Cc1ccc(S(=O)(=O)N2CCCC[C@@H]2C(=O)Nc2nnc(-c3ccc(OC(F)(F)F)cc3)s2)cc1. The van der Waals surface area contributed by atoms with Gasteiger partial charge in [0.1, 0.15) is 16.8 Å². The van der Waals surface area contributed by atoms with E-state index in [4.69, 9.17) is 0 Å². The Morgan fingerprint density at radius 2 is 1.77 bits per heavy atom. The van der Waals surface area contributed by atoms with Crippen LogP contribution in [0.15, 0.2) is 53.4 Å². The summed E-state index contributed by atoms with van der Waals surface area (Å²) in [6.45, 7) is 2.08. The zero-order valence-corrected chi connectivity index (χ0v) is 20.1. The fourth-order valence-electron chi connectivity index (χ4n) is 3.68. The molecule has 1 atom stereocenters. The van der Waals surface area contributed by atoms with Crippen LogP contribution in [-0.4, -0.2) is 47.8 Å². The molecule has 2 heterocycles. The van der Waals surface area contributed by atoms with Gasteiger partial charge in [0.25, 0.3) is 0 Å². The third-order valence-corrected chi connectivity index (χ3v) is 8.18. The van der Waals surface area contributed by atoms with Gasteiger partial charge in [-0.15, -0.1) is 23.4 Å². The van der Waals surface area contributed by atoms with Gasteiger partial charge < -0.3 is 4.74 Å². The van der Waals surface area contributed by atoms with Crippen LogP contribution >= 0.6 is 11.3 Å². The second kappa shape index (κ2) is 9.91. The summed E-state index contributed by atoms with van der Waals surface area (Å²) < 4.78 is 68.5. The second-order valence-corrected chi connectivity index (χ2v) is 10.8. The van der Waals surface area contributed by atoms with Crippen LogP contribution in [0.3, 0.4) is 0 Å². The lowest BCUT2D eigenvalue weighted by Gasteiger charge is -2.33. The van der Waals surface area contributed by atoms with Crippen molar-refractivity contribution in [3.05, 3.63) is 54.1 Å². The molecule has 1 aromatic heterocycles. The number of rotatable bonds is 6. The number of nitrogens with zero attached hydrogens (tertiary/aromatic N) is 3. The van der Waals surface area contributed by atoms with Crippen molar-refractivity contribution in [2.45, 2.75) is 43.5 Å². The van der Waals surface area contributed by atoms with E-state index < -0.39 is 28.3 Å². The molecule has 1 N–H and O–H groups in total. The highest BCUT2D eigenvalue weighted by molar-refractivity contribution is 7.89. The van der Waals surface area contributed by atoms with Crippen LogP contribution in [0.1, 0.15) is 24.8 Å². The van der Waals surface area contributed by atoms with Gasteiger partial charge in [-0.1, -0.05) is 35.5 Å². The summed E-state index contributed by atoms with van der Waals surface area (Å²) in [7, 11) is -3.87. The maximum absolute atomic E-state index is 13.2. The van der Waals surface area contributed by atoms with Gasteiger partial charge in [-0.2, -0.15) is 4.31 Å². The van der Waals surface area contributed by atoms with E-state index in [2.05, 4.69) is 20.3 Å². The van der Waals surface area contributed by atoms with Crippen LogP contribution in [0.2, 0.25) is 0 Å². The predicted molar refractivity (Wildman–Crippen MR) is 123 cm³/mol. The molecule has 0 bridgehead atoms. The number of sulfonamides is 1. The van der Waals surface area contributed by atoms with E-state index in [1.807, 2.05) is 6.92 Å². The summed E-state index contributed by atoms with van der Waals surface area (Å²) in [4.78, 5) is 13.2. The molecule has 3 aromatic rings. The van der Waals surface area contributed by atoms with Crippen molar-refractivity contribution >= 4 is 32.4 Å². The molecule has 0 aliphatic carbocycles. The number of amides is 1. The Hall–Kier alpha value is -3.03. The van der Waals surface area contributed by atoms with Crippen molar-refractivity contribution in [1.29, 1.82) is 0 Å². The molecular formula is C22H21F3N4O4S2. The molecule has 0 spiro atoms. The minimum absolute atomic E-state index is 0.124. The lowest BCUT2D eigenvalue weighted by atomic mass is 10.0. The molecular weight excluding hydrogens is 505 g/mol. The number of hydrogen-bond donors (Lipinski definition) is 1. The smallest absolute Gasteiger partial charge is 0.406 e. The fraction of sp³-hybridized carbons (Fsp3) is 0.318. The molecule has 1 saturated heterocycles. The van der Waals surface area contributed by atoms with E-state index in [1.165, 1.54) is 28.6 Å². The van der Waals surface area contributed by atoms with Gasteiger partial charge in [-0.25, -0.2) is 8.42 Å². The van der Waals surface area contributed by atoms with Gasteiger partial charge in [0.05, 0.1) is 4.90 Å².